The van der Waals surface area contributed by atoms with E-state index in [1.54, 1.807) is 12.5 Å². The summed E-state index contributed by atoms with van der Waals surface area (Å²) >= 11 is 0. The Kier molecular flexibility index (Phi) is 6.22. The lowest BCUT2D eigenvalue weighted by atomic mass is 10.1. The lowest BCUT2D eigenvalue weighted by Crippen LogP contribution is -2.38. The highest BCUT2D eigenvalue weighted by atomic mass is 19.4. The summed E-state index contributed by atoms with van der Waals surface area (Å²) in [4.78, 5) is 7.92. The normalized spacial score (nSPS) is 12.2. The summed E-state index contributed by atoms with van der Waals surface area (Å²) in [5.74, 6) is 0.347. The fraction of sp³-hybridized carbons (Fsp3) is 0.375. The average Bonchev–Trinajstić information content (AvgIpc) is 3.03. The minimum Gasteiger partial charge on any atom is -0.356 e. The van der Waals surface area contributed by atoms with Gasteiger partial charge < -0.3 is 15.2 Å². The number of halogens is 3. The minimum absolute atomic E-state index is 0.205. The van der Waals surface area contributed by atoms with Crippen LogP contribution in [0.2, 0.25) is 0 Å². The summed E-state index contributed by atoms with van der Waals surface area (Å²) in [6, 6.07) is 7.95. The predicted molar refractivity (Wildman–Crippen MR) is 86.6 cm³/mol. The molecule has 0 atom stereocenters. The van der Waals surface area contributed by atoms with Crippen molar-refractivity contribution in [2.45, 2.75) is 25.7 Å². The monoisotopic (exact) mass is 339 g/mol. The van der Waals surface area contributed by atoms with Crippen molar-refractivity contribution >= 4 is 5.96 Å². The van der Waals surface area contributed by atoms with Crippen molar-refractivity contribution < 1.29 is 13.2 Å². The molecule has 0 radical (unpaired) electrons. The topological polar surface area (TPSA) is 54.2 Å². The van der Waals surface area contributed by atoms with E-state index in [1.807, 2.05) is 35.0 Å². The van der Waals surface area contributed by atoms with Gasteiger partial charge >= 0.3 is 6.18 Å². The summed E-state index contributed by atoms with van der Waals surface area (Å²) in [7, 11) is 1.53. The van der Waals surface area contributed by atoms with Crippen LogP contribution in [0.15, 0.2) is 48.0 Å². The van der Waals surface area contributed by atoms with Crippen LogP contribution in [0.5, 0.6) is 0 Å². The van der Waals surface area contributed by atoms with Crippen LogP contribution in [-0.4, -0.2) is 35.3 Å². The number of aliphatic imine (C=N–C) groups is 1. The number of guanidine groups is 1. The van der Waals surface area contributed by atoms with Gasteiger partial charge in [-0.15, -0.1) is 0 Å². The van der Waals surface area contributed by atoms with Crippen molar-refractivity contribution in [1.82, 2.24) is 20.2 Å². The van der Waals surface area contributed by atoms with E-state index in [4.69, 9.17) is 0 Å². The molecule has 2 N–H and O–H groups in total. The number of benzene rings is 1. The van der Waals surface area contributed by atoms with E-state index in [0.717, 1.165) is 11.1 Å². The number of hydrogen-bond acceptors (Lipinski definition) is 2. The molecule has 1 aromatic heterocycles. The number of alkyl halides is 3. The van der Waals surface area contributed by atoms with E-state index in [1.165, 1.54) is 7.05 Å². The number of rotatable bonds is 6. The quantitative estimate of drug-likeness (QED) is 0.628. The van der Waals surface area contributed by atoms with E-state index in [9.17, 15) is 13.2 Å². The van der Waals surface area contributed by atoms with Gasteiger partial charge in [0.05, 0.1) is 12.7 Å². The Morgan fingerprint density at radius 3 is 2.71 bits per heavy atom. The van der Waals surface area contributed by atoms with Gasteiger partial charge in [-0.2, -0.15) is 13.2 Å². The molecule has 0 aliphatic rings. The van der Waals surface area contributed by atoms with Crippen LogP contribution in [-0.2, 0) is 13.1 Å². The Bertz CT molecular complexity index is 650. The van der Waals surface area contributed by atoms with Gasteiger partial charge in [0.1, 0.15) is 0 Å². The summed E-state index contributed by atoms with van der Waals surface area (Å²) in [6.45, 7) is 0.986. The van der Waals surface area contributed by atoms with Crippen LogP contribution in [0.25, 0.3) is 0 Å². The molecule has 0 aliphatic carbocycles. The molecule has 0 unspecified atom stereocenters. The second kappa shape index (κ2) is 8.37. The van der Waals surface area contributed by atoms with Crippen molar-refractivity contribution in [3.05, 3.63) is 54.1 Å². The van der Waals surface area contributed by atoms with Gasteiger partial charge in [-0.05, 0) is 11.1 Å². The van der Waals surface area contributed by atoms with Crippen LogP contribution in [0.1, 0.15) is 17.5 Å². The first-order valence-electron chi connectivity index (χ1n) is 7.51. The van der Waals surface area contributed by atoms with Gasteiger partial charge in [0.2, 0.25) is 0 Å². The molecule has 0 spiro atoms. The van der Waals surface area contributed by atoms with E-state index in [2.05, 4.69) is 20.6 Å². The second-order valence-corrected chi connectivity index (χ2v) is 5.27. The third-order valence-electron chi connectivity index (χ3n) is 3.30. The smallest absolute Gasteiger partial charge is 0.356 e. The molecule has 24 heavy (non-hydrogen) atoms. The molecule has 0 fully saturated rings. The Balaban J connectivity index is 1.84. The molecule has 2 rings (SSSR count). The molecule has 5 nitrogen and oxygen atoms in total. The van der Waals surface area contributed by atoms with Gasteiger partial charge in [0.15, 0.2) is 5.96 Å². The molecular formula is C16H20F3N5. The van der Waals surface area contributed by atoms with Crippen LogP contribution in [0.4, 0.5) is 13.2 Å². The van der Waals surface area contributed by atoms with Crippen molar-refractivity contribution in [1.29, 1.82) is 0 Å². The van der Waals surface area contributed by atoms with E-state index in [0.29, 0.717) is 19.0 Å². The highest BCUT2D eigenvalue weighted by molar-refractivity contribution is 5.79. The molecule has 130 valence electrons. The first-order chi connectivity index (χ1) is 11.5. The molecular weight excluding hydrogens is 319 g/mol. The minimum atomic E-state index is -4.17. The van der Waals surface area contributed by atoms with Gasteiger partial charge in [-0.3, -0.25) is 4.99 Å². The van der Waals surface area contributed by atoms with Gasteiger partial charge in [-0.1, -0.05) is 24.3 Å². The van der Waals surface area contributed by atoms with E-state index in [-0.39, 0.29) is 6.54 Å². The molecule has 0 saturated heterocycles. The van der Waals surface area contributed by atoms with Crippen LogP contribution in [0, 0.1) is 0 Å². The van der Waals surface area contributed by atoms with Gasteiger partial charge in [0.25, 0.3) is 0 Å². The maximum absolute atomic E-state index is 12.2. The van der Waals surface area contributed by atoms with Crippen molar-refractivity contribution in [3.63, 3.8) is 0 Å². The van der Waals surface area contributed by atoms with E-state index >= 15 is 0 Å². The maximum Gasteiger partial charge on any atom is 0.390 e. The molecule has 0 saturated carbocycles. The molecule has 0 amide bonds. The zero-order valence-corrected chi connectivity index (χ0v) is 13.3. The molecule has 1 aromatic carbocycles. The number of hydrogen-bond donors (Lipinski definition) is 2. The fourth-order valence-electron chi connectivity index (χ4n) is 2.16. The number of nitrogens with one attached hydrogen (secondary N) is 2. The predicted octanol–water partition coefficient (Wildman–Crippen LogP) is 2.55. The molecule has 1 heterocycles. The average molecular weight is 339 g/mol. The Hall–Kier alpha value is -2.51. The lowest BCUT2D eigenvalue weighted by Gasteiger charge is -2.13. The molecule has 2 aromatic rings. The van der Waals surface area contributed by atoms with Gasteiger partial charge in [0, 0.05) is 39.1 Å². The zero-order chi connectivity index (χ0) is 17.4. The molecule has 0 bridgehead atoms. The van der Waals surface area contributed by atoms with Crippen molar-refractivity contribution in [2.24, 2.45) is 4.99 Å². The maximum atomic E-state index is 12.2. The summed E-state index contributed by atoms with van der Waals surface area (Å²) in [6.07, 6.45) is 0.290. The summed E-state index contributed by atoms with van der Waals surface area (Å²) in [5, 5.41) is 5.66. The number of imidazole rings is 1. The SMILES string of the molecule is CN=C(NCCC(F)(F)F)NCc1cccc(Cn2ccnc2)c1. The lowest BCUT2D eigenvalue weighted by molar-refractivity contribution is -0.132. The van der Waals surface area contributed by atoms with Crippen LogP contribution < -0.4 is 10.6 Å². The highest BCUT2D eigenvalue weighted by Crippen LogP contribution is 2.18. The highest BCUT2D eigenvalue weighted by Gasteiger charge is 2.26. The molecule has 0 aliphatic heterocycles. The summed E-state index contributed by atoms with van der Waals surface area (Å²) < 4.78 is 38.4. The second-order valence-electron chi connectivity index (χ2n) is 5.27. The first-order valence-corrected chi connectivity index (χ1v) is 7.51. The molecule has 8 heteroatoms. The standard InChI is InChI=1S/C16H20F3N5/c1-20-15(22-6-5-16(17,18)19)23-10-13-3-2-4-14(9-13)11-24-8-7-21-12-24/h2-4,7-9,12H,5-6,10-11H2,1H3,(H2,20,22,23). The number of nitrogens with zero attached hydrogens (tertiary/aromatic N) is 3. The first kappa shape index (κ1) is 17.8. The Morgan fingerprint density at radius 2 is 2.04 bits per heavy atom. The largest absolute Gasteiger partial charge is 0.390 e. The fourth-order valence-corrected chi connectivity index (χ4v) is 2.16. The third kappa shape index (κ3) is 6.31. The van der Waals surface area contributed by atoms with Crippen LogP contribution >= 0.6 is 0 Å². The van der Waals surface area contributed by atoms with Crippen LogP contribution in [0.3, 0.4) is 0 Å². The summed E-state index contributed by atoms with van der Waals surface area (Å²) in [5.41, 5.74) is 2.14. The Morgan fingerprint density at radius 1 is 1.25 bits per heavy atom. The van der Waals surface area contributed by atoms with Crippen molar-refractivity contribution in [3.8, 4) is 0 Å². The Labute approximate surface area is 138 Å². The van der Waals surface area contributed by atoms with Gasteiger partial charge in [-0.25, -0.2) is 4.98 Å². The van der Waals surface area contributed by atoms with E-state index < -0.39 is 12.6 Å². The number of aromatic nitrogens is 2. The van der Waals surface area contributed by atoms with Crippen molar-refractivity contribution in [2.75, 3.05) is 13.6 Å². The zero-order valence-electron chi connectivity index (χ0n) is 13.3. The third-order valence-corrected chi connectivity index (χ3v) is 3.30.